The Morgan fingerprint density at radius 1 is 0.447 bits per heavy atom. The van der Waals surface area contributed by atoms with E-state index >= 15 is 4.57 Å². The summed E-state index contributed by atoms with van der Waals surface area (Å²) in [6.07, 6.45) is 0. The maximum atomic E-state index is 15.1. The van der Waals surface area contributed by atoms with Gasteiger partial charge in [0.05, 0.1) is 11.0 Å². The zero-order chi connectivity index (χ0) is 25.5. The van der Waals surface area contributed by atoms with Gasteiger partial charge in [-0.25, -0.2) is 4.98 Å². The largest absolute Gasteiger partial charge is 0.309 e. The SMILES string of the molecule is O=P(c1ccccc1)(c1ccccc1)c1cccc(-c2c3ccccc3nc3cc4ccccc4cc23)c1. The van der Waals surface area contributed by atoms with Crippen LogP contribution in [0.4, 0.5) is 0 Å². The molecule has 38 heavy (non-hydrogen) atoms. The summed E-state index contributed by atoms with van der Waals surface area (Å²) >= 11 is 0. The summed E-state index contributed by atoms with van der Waals surface area (Å²) in [6, 6.07) is 49.1. The molecule has 0 atom stereocenters. The van der Waals surface area contributed by atoms with Gasteiger partial charge in [-0.2, -0.15) is 0 Å². The van der Waals surface area contributed by atoms with Crippen molar-refractivity contribution in [1.82, 2.24) is 4.98 Å². The predicted octanol–water partition coefficient (Wildman–Crippen LogP) is 7.85. The monoisotopic (exact) mass is 505 g/mol. The van der Waals surface area contributed by atoms with E-state index in [9.17, 15) is 0 Å². The van der Waals surface area contributed by atoms with Gasteiger partial charge in [0, 0.05) is 32.2 Å². The number of hydrogen-bond donors (Lipinski definition) is 0. The third-order valence-electron chi connectivity index (χ3n) is 7.29. The molecule has 0 unspecified atom stereocenters. The molecule has 2 nitrogen and oxygen atoms in total. The van der Waals surface area contributed by atoms with Gasteiger partial charge in [-0.3, -0.25) is 0 Å². The number of rotatable bonds is 4. The van der Waals surface area contributed by atoms with Crippen molar-refractivity contribution in [3.05, 3.63) is 146 Å². The van der Waals surface area contributed by atoms with E-state index in [2.05, 4.69) is 66.7 Å². The van der Waals surface area contributed by atoms with Crippen LogP contribution in [0.15, 0.2) is 146 Å². The number of pyridine rings is 1. The molecule has 1 heterocycles. The van der Waals surface area contributed by atoms with Crippen molar-refractivity contribution in [2.45, 2.75) is 0 Å². The highest BCUT2D eigenvalue weighted by Crippen LogP contribution is 2.44. The molecular formula is C35H24NOP. The van der Waals surface area contributed by atoms with Crippen molar-refractivity contribution in [2.75, 3.05) is 0 Å². The molecule has 0 saturated heterocycles. The Hall–Kier alpha value is -4.52. The zero-order valence-electron chi connectivity index (χ0n) is 20.7. The summed E-state index contributed by atoms with van der Waals surface area (Å²) in [6.45, 7) is 0. The lowest BCUT2D eigenvalue weighted by Crippen LogP contribution is -2.25. The average Bonchev–Trinajstić information content (AvgIpc) is 2.99. The molecule has 0 amide bonds. The van der Waals surface area contributed by atoms with Crippen LogP contribution in [-0.4, -0.2) is 4.98 Å². The number of aromatic nitrogens is 1. The first-order valence-electron chi connectivity index (χ1n) is 12.8. The smallest absolute Gasteiger partial charge is 0.171 e. The molecule has 7 rings (SSSR count). The van der Waals surface area contributed by atoms with Crippen LogP contribution in [0, 0.1) is 0 Å². The molecule has 0 aliphatic heterocycles. The number of fused-ring (bicyclic) bond motifs is 3. The fourth-order valence-corrected chi connectivity index (χ4v) is 8.17. The number of hydrogen-bond acceptors (Lipinski definition) is 2. The first-order valence-corrected chi connectivity index (χ1v) is 14.5. The van der Waals surface area contributed by atoms with Crippen LogP contribution in [0.5, 0.6) is 0 Å². The van der Waals surface area contributed by atoms with Gasteiger partial charge >= 0.3 is 0 Å². The number of benzene rings is 6. The van der Waals surface area contributed by atoms with Crippen molar-refractivity contribution in [1.29, 1.82) is 0 Å². The zero-order valence-corrected chi connectivity index (χ0v) is 21.6. The standard InChI is InChI=1S/C35H24NOP/c37-38(28-15-3-1-4-16-28,29-17-5-2-6-18-29)30-19-11-14-27(22-30)35-31-20-9-10-21-33(31)36-34-24-26-13-8-7-12-25(26)23-32(34)35/h1-24H. The van der Waals surface area contributed by atoms with E-state index in [0.29, 0.717) is 0 Å². The molecular weight excluding hydrogens is 481 g/mol. The fourth-order valence-electron chi connectivity index (χ4n) is 5.47. The van der Waals surface area contributed by atoms with Crippen molar-refractivity contribution < 1.29 is 4.57 Å². The maximum Gasteiger partial charge on any atom is 0.171 e. The van der Waals surface area contributed by atoms with Gasteiger partial charge in [-0.15, -0.1) is 0 Å². The Labute approximate surface area is 221 Å². The van der Waals surface area contributed by atoms with Crippen molar-refractivity contribution in [3.8, 4) is 11.1 Å². The first-order chi connectivity index (χ1) is 18.7. The molecule has 1 aromatic heterocycles. The topological polar surface area (TPSA) is 30.0 Å². The molecule has 0 bridgehead atoms. The third kappa shape index (κ3) is 3.65. The van der Waals surface area contributed by atoms with Crippen molar-refractivity contribution in [2.24, 2.45) is 0 Å². The van der Waals surface area contributed by atoms with Crippen LogP contribution in [0.1, 0.15) is 0 Å². The minimum absolute atomic E-state index is 0.822. The second-order valence-corrected chi connectivity index (χ2v) is 12.3. The van der Waals surface area contributed by atoms with Gasteiger partial charge in [0.2, 0.25) is 0 Å². The molecule has 6 aromatic carbocycles. The van der Waals surface area contributed by atoms with E-state index in [1.54, 1.807) is 0 Å². The van der Waals surface area contributed by atoms with Gasteiger partial charge in [0.15, 0.2) is 7.14 Å². The van der Waals surface area contributed by atoms with Crippen LogP contribution >= 0.6 is 7.14 Å². The summed E-state index contributed by atoms with van der Waals surface area (Å²) in [5.41, 5.74) is 4.06. The lowest BCUT2D eigenvalue weighted by atomic mass is 9.94. The van der Waals surface area contributed by atoms with E-state index in [1.165, 1.54) is 10.8 Å². The van der Waals surface area contributed by atoms with E-state index in [-0.39, 0.29) is 0 Å². The van der Waals surface area contributed by atoms with E-state index < -0.39 is 7.14 Å². The van der Waals surface area contributed by atoms with Gasteiger partial charge in [-0.1, -0.05) is 121 Å². The third-order valence-corrected chi connectivity index (χ3v) is 10.3. The Morgan fingerprint density at radius 3 is 1.74 bits per heavy atom. The molecule has 3 heteroatoms. The highest BCUT2D eigenvalue weighted by Gasteiger charge is 2.30. The molecule has 0 saturated carbocycles. The summed E-state index contributed by atoms with van der Waals surface area (Å²) in [7, 11) is -3.10. The molecule has 0 fully saturated rings. The van der Waals surface area contributed by atoms with E-state index in [0.717, 1.165) is 48.8 Å². The van der Waals surface area contributed by atoms with E-state index in [4.69, 9.17) is 4.98 Å². The summed E-state index contributed by atoms with van der Waals surface area (Å²) in [5.74, 6) is 0. The van der Waals surface area contributed by atoms with Gasteiger partial charge in [0.25, 0.3) is 0 Å². The minimum atomic E-state index is -3.10. The van der Waals surface area contributed by atoms with Crippen molar-refractivity contribution in [3.63, 3.8) is 0 Å². The fraction of sp³-hybridized carbons (Fsp3) is 0. The Morgan fingerprint density at radius 2 is 1.03 bits per heavy atom. The summed E-state index contributed by atoms with van der Waals surface area (Å²) < 4.78 is 15.1. The molecule has 0 spiro atoms. The normalized spacial score (nSPS) is 11.8. The van der Waals surface area contributed by atoms with Crippen LogP contribution in [0.2, 0.25) is 0 Å². The maximum absolute atomic E-state index is 15.1. The average molecular weight is 506 g/mol. The lowest BCUT2D eigenvalue weighted by molar-refractivity contribution is 0.592. The molecule has 0 aliphatic rings. The lowest BCUT2D eigenvalue weighted by Gasteiger charge is -2.21. The second kappa shape index (κ2) is 9.10. The highest BCUT2D eigenvalue weighted by molar-refractivity contribution is 7.85. The Kier molecular flexibility index (Phi) is 5.43. The predicted molar refractivity (Wildman–Crippen MR) is 162 cm³/mol. The molecule has 0 radical (unpaired) electrons. The number of nitrogens with zero attached hydrogens (tertiary/aromatic N) is 1. The first kappa shape index (κ1) is 22.7. The Bertz CT molecular complexity index is 1950. The van der Waals surface area contributed by atoms with Gasteiger partial charge < -0.3 is 4.57 Å². The molecule has 0 N–H and O–H groups in total. The molecule has 7 aromatic rings. The highest BCUT2D eigenvalue weighted by atomic mass is 31.2. The molecule has 0 aliphatic carbocycles. The summed E-state index contributed by atoms with van der Waals surface area (Å²) in [4.78, 5) is 5.03. The van der Waals surface area contributed by atoms with Crippen LogP contribution in [0.25, 0.3) is 43.7 Å². The van der Waals surface area contributed by atoms with Gasteiger partial charge in [0.1, 0.15) is 0 Å². The second-order valence-electron chi connectivity index (χ2n) is 9.55. The Balaban J connectivity index is 1.54. The van der Waals surface area contributed by atoms with E-state index in [1.807, 2.05) is 78.9 Å². The van der Waals surface area contributed by atoms with Crippen LogP contribution < -0.4 is 15.9 Å². The number of para-hydroxylation sites is 1. The van der Waals surface area contributed by atoms with Crippen molar-refractivity contribution >= 4 is 55.6 Å². The van der Waals surface area contributed by atoms with Crippen LogP contribution in [-0.2, 0) is 4.57 Å². The minimum Gasteiger partial charge on any atom is -0.309 e. The van der Waals surface area contributed by atoms with Gasteiger partial charge in [-0.05, 0) is 40.6 Å². The molecule has 180 valence electrons. The van der Waals surface area contributed by atoms with Crippen LogP contribution in [0.3, 0.4) is 0 Å². The quantitative estimate of drug-likeness (QED) is 0.180. The summed E-state index contributed by atoms with van der Waals surface area (Å²) in [5, 5.41) is 7.00.